The first kappa shape index (κ1) is 33.5. The predicted molar refractivity (Wildman–Crippen MR) is 248 cm³/mol. The van der Waals surface area contributed by atoms with Crippen LogP contribution in [0, 0.1) is 20.9 Å². The third-order valence-electron chi connectivity index (χ3n) is 13.1. The van der Waals surface area contributed by atoms with Gasteiger partial charge in [-0.3, -0.25) is 0 Å². The summed E-state index contributed by atoms with van der Waals surface area (Å²) in [6, 6.07) is 69.7. The Hall–Kier alpha value is -8.34. The summed E-state index contributed by atoms with van der Waals surface area (Å²) in [4.78, 5) is 21.5. The second kappa shape index (κ2) is 12.6. The Morgan fingerprint density at radius 3 is 1.32 bits per heavy atom. The number of para-hydroxylation sites is 2. The largest absolute Gasteiger partial charge is 0.248 e. The van der Waals surface area contributed by atoms with Crippen molar-refractivity contribution >= 4 is 33.5 Å². The molecule has 10 aromatic rings. The topological polar surface area (TPSA) is 49.4 Å². The van der Waals surface area contributed by atoms with Crippen LogP contribution in [0.5, 0.6) is 0 Å². The molecule has 0 unspecified atom stereocenters. The molecule has 62 heavy (non-hydrogen) atoms. The maximum absolute atomic E-state index is 5.38. The van der Waals surface area contributed by atoms with E-state index in [-0.39, 0.29) is 0 Å². The number of benzene rings is 10. The van der Waals surface area contributed by atoms with Gasteiger partial charge >= 0.3 is 0 Å². The van der Waals surface area contributed by atoms with Crippen LogP contribution < -0.4 is 21.4 Å². The third kappa shape index (κ3) is 4.61. The molecule has 0 saturated heterocycles. The highest BCUT2D eigenvalue weighted by molar-refractivity contribution is 6.17. The molecule has 0 N–H and O–H groups in total. The molecule has 4 aliphatic heterocycles. The zero-order valence-corrected chi connectivity index (χ0v) is 33.3. The molecular weight excluding hydrogens is 753 g/mol. The lowest BCUT2D eigenvalue weighted by Gasteiger charge is -2.24. The van der Waals surface area contributed by atoms with Gasteiger partial charge < -0.3 is 0 Å². The third-order valence-corrected chi connectivity index (χ3v) is 13.1. The van der Waals surface area contributed by atoms with Gasteiger partial charge in [-0.05, 0) is 92.7 Å². The highest BCUT2D eigenvalue weighted by Gasteiger charge is 2.32. The van der Waals surface area contributed by atoms with Gasteiger partial charge in [-0.15, -0.1) is 0 Å². The lowest BCUT2D eigenvalue weighted by atomic mass is 9.78. The van der Waals surface area contributed by atoms with E-state index in [2.05, 4.69) is 194 Å². The first-order valence-electron chi connectivity index (χ1n) is 21.1. The van der Waals surface area contributed by atoms with E-state index in [4.69, 9.17) is 20.0 Å². The normalized spacial score (nSPS) is 12.7. The molecule has 0 saturated carbocycles. The van der Waals surface area contributed by atoms with Gasteiger partial charge in [-0.25, -0.2) is 20.0 Å². The summed E-state index contributed by atoms with van der Waals surface area (Å²) in [6.07, 6.45) is 0. The first-order valence-corrected chi connectivity index (χ1v) is 21.1. The van der Waals surface area contributed by atoms with E-state index in [9.17, 15) is 0 Å². The number of hydrogen-bond donors (Lipinski definition) is 0. The van der Waals surface area contributed by atoms with Gasteiger partial charge in [0.05, 0.1) is 44.2 Å². The Morgan fingerprint density at radius 2 is 0.726 bits per heavy atom. The fourth-order valence-corrected chi connectivity index (χ4v) is 10.5. The van der Waals surface area contributed by atoms with E-state index in [1.807, 2.05) is 0 Å². The summed E-state index contributed by atoms with van der Waals surface area (Å²) in [7, 11) is 0. The number of hydrogen-bond acceptors (Lipinski definition) is 4. The maximum atomic E-state index is 5.38. The summed E-state index contributed by atoms with van der Waals surface area (Å²) in [6.45, 7) is 0. The summed E-state index contributed by atoms with van der Waals surface area (Å²) in [5.41, 5.74) is 17.4. The molecule has 10 aromatic carbocycles. The summed E-state index contributed by atoms with van der Waals surface area (Å²) >= 11 is 0. The van der Waals surface area contributed by atoms with Crippen molar-refractivity contribution in [1.82, 2.24) is 0 Å². The zero-order chi connectivity index (χ0) is 40.5. The molecule has 0 atom stereocenters. The van der Waals surface area contributed by atoms with E-state index in [0.717, 1.165) is 132 Å². The van der Waals surface area contributed by atoms with Gasteiger partial charge in [0.15, 0.2) is 0 Å². The van der Waals surface area contributed by atoms with Crippen LogP contribution in [0.4, 0.5) is 22.7 Å². The minimum atomic E-state index is 0.943. The quantitative estimate of drug-likeness (QED) is 0.171. The summed E-state index contributed by atoms with van der Waals surface area (Å²) in [5.74, 6) is 0. The number of nitrogens with zero attached hydrogens (tertiary/aromatic N) is 4. The molecule has 0 aromatic heterocycles. The average molecular weight is 785 g/mol. The standard InChI is InChI=1S/C58H32N4/c1-3-13-33(14-4-1)37-25-29-46-53(55-48(59-46)31-27-41-39-19-9-11-21-44(39)61-57(41)55)51(37)43-24-23-35-17-7-8-18-36(35)50(43)52-38(34-15-5-2-6-16-34)26-30-47-54(52)56-49(60-47)32-28-42-40-20-10-12-22-45(40)62-58(42)56/h1-32H. The van der Waals surface area contributed by atoms with E-state index < -0.39 is 0 Å². The number of fused-ring (bicyclic) bond motifs is 13. The fraction of sp³-hybridized carbons (Fsp3) is 0. The second-order valence-electron chi connectivity index (χ2n) is 16.4. The minimum Gasteiger partial charge on any atom is -0.248 e. The van der Waals surface area contributed by atoms with Crippen LogP contribution >= 0.6 is 0 Å². The molecule has 4 heteroatoms. The number of rotatable bonds is 4. The Labute approximate surface area is 355 Å². The van der Waals surface area contributed by atoms with Gasteiger partial charge in [0.2, 0.25) is 0 Å². The van der Waals surface area contributed by atoms with Gasteiger partial charge in [0, 0.05) is 54.3 Å². The highest BCUT2D eigenvalue weighted by Crippen LogP contribution is 2.56. The van der Waals surface area contributed by atoms with Crippen molar-refractivity contribution in [2.75, 3.05) is 0 Å². The molecule has 4 heterocycles. The van der Waals surface area contributed by atoms with Crippen LogP contribution in [0.3, 0.4) is 0 Å². The lowest BCUT2D eigenvalue weighted by molar-refractivity contribution is 1.36. The molecular formula is C58H32N4. The maximum Gasteiger partial charge on any atom is 0.0817 e. The monoisotopic (exact) mass is 784 g/mol. The molecule has 0 bridgehead atoms. The molecule has 0 aliphatic carbocycles. The zero-order valence-electron chi connectivity index (χ0n) is 33.3. The predicted octanol–water partition coefficient (Wildman–Crippen LogP) is 12.5. The van der Waals surface area contributed by atoms with Gasteiger partial charge in [0.1, 0.15) is 0 Å². The van der Waals surface area contributed by atoms with Gasteiger partial charge in [0.25, 0.3) is 0 Å². The fourth-order valence-electron chi connectivity index (χ4n) is 10.5. The molecule has 0 spiro atoms. The van der Waals surface area contributed by atoms with Gasteiger partial charge in [-0.1, -0.05) is 146 Å². The van der Waals surface area contributed by atoms with Crippen molar-refractivity contribution in [1.29, 1.82) is 0 Å². The van der Waals surface area contributed by atoms with Crippen LogP contribution in [0.15, 0.2) is 214 Å². The smallest absolute Gasteiger partial charge is 0.0817 e. The van der Waals surface area contributed by atoms with Crippen molar-refractivity contribution < 1.29 is 0 Å². The van der Waals surface area contributed by atoms with Crippen LogP contribution in [0.25, 0.3) is 77.5 Å². The molecule has 0 amide bonds. The van der Waals surface area contributed by atoms with Crippen molar-refractivity contribution in [2.24, 2.45) is 20.0 Å². The Balaban J connectivity index is 1.17. The molecule has 0 radical (unpaired) electrons. The van der Waals surface area contributed by atoms with E-state index in [0.29, 0.717) is 0 Å². The minimum absolute atomic E-state index is 0.943. The van der Waals surface area contributed by atoms with E-state index in [1.54, 1.807) is 0 Å². The summed E-state index contributed by atoms with van der Waals surface area (Å²) in [5, 5.41) is 10.8. The molecule has 0 fully saturated rings. The van der Waals surface area contributed by atoms with Crippen molar-refractivity contribution in [2.45, 2.75) is 0 Å². The molecule has 284 valence electrons. The summed E-state index contributed by atoms with van der Waals surface area (Å²) < 4.78 is 0. The van der Waals surface area contributed by atoms with Crippen molar-refractivity contribution in [3.63, 3.8) is 0 Å². The van der Waals surface area contributed by atoms with Crippen LogP contribution in [-0.4, -0.2) is 0 Å². The van der Waals surface area contributed by atoms with Crippen LogP contribution in [-0.2, 0) is 0 Å². The molecule has 14 rings (SSSR count). The Morgan fingerprint density at radius 1 is 0.242 bits per heavy atom. The average Bonchev–Trinajstić information content (AvgIpc) is 4.11. The van der Waals surface area contributed by atoms with Gasteiger partial charge in [-0.2, -0.15) is 0 Å². The molecule has 4 aliphatic rings. The Bertz CT molecular complexity index is 4140. The lowest BCUT2D eigenvalue weighted by Crippen LogP contribution is -2.03. The highest BCUT2D eigenvalue weighted by atomic mass is 14.8. The van der Waals surface area contributed by atoms with E-state index >= 15 is 0 Å². The van der Waals surface area contributed by atoms with Crippen molar-refractivity contribution in [3.05, 3.63) is 236 Å². The van der Waals surface area contributed by atoms with Crippen molar-refractivity contribution in [3.8, 4) is 66.8 Å². The molecule has 4 nitrogen and oxygen atoms in total. The Kier molecular flexibility index (Phi) is 6.80. The van der Waals surface area contributed by atoms with E-state index in [1.165, 1.54) is 10.8 Å². The SMILES string of the molecule is c1ccc(-c2ccc3c(c2-c2ccc4ccccc4c2-c2c(-c4ccccc4)ccc4c2-c2c5c(ccc2=N4)=c2ccccc2=N5)-c2c4c(ccc2=N3)=c2ccccc2=N4)cc1. The van der Waals surface area contributed by atoms with Crippen LogP contribution in [0.1, 0.15) is 0 Å². The second-order valence-corrected chi connectivity index (χ2v) is 16.4. The van der Waals surface area contributed by atoms with Crippen LogP contribution in [0.2, 0.25) is 0 Å². The first-order chi connectivity index (χ1) is 30.8.